The van der Waals surface area contributed by atoms with Crippen molar-refractivity contribution in [3.05, 3.63) is 130 Å². The molecule has 224 valence electrons. The van der Waals surface area contributed by atoms with Gasteiger partial charge in [-0.3, -0.25) is 13.9 Å². The summed E-state index contributed by atoms with van der Waals surface area (Å²) in [7, 11) is -4.20. The summed E-state index contributed by atoms with van der Waals surface area (Å²) in [4.78, 5) is 29.4. The molecule has 7 nitrogen and oxygen atoms in total. The van der Waals surface area contributed by atoms with Crippen LogP contribution in [0.2, 0.25) is 10.0 Å². The third-order valence-corrected chi connectivity index (χ3v) is 9.25. The first-order valence-electron chi connectivity index (χ1n) is 13.9. The highest BCUT2D eigenvalue weighted by Gasteiger charge is 2.34. The smallest absolute Gasteiger partial charge is 0.264 e. The highest BCUT2D eigenvalue weighted by atomic mass is 35.5. The number of anilines is 1. The van der Waals surface area contributed by atoms with Crippen molar-refractivity contribution in [1.82, 2.24) is 10.2 Å². The number of carbonyl (C=O) groups excluding carboxylic acids is 2. The predicted octanol–water partition coefficient (Wildman–Crippen LogP) is 6.36. The van der Waals surface area contributed by atoms with Gasteiger partial charge in [-0.05, 0) is 60.0 Å². The molecule has 0 saturated carbocycles. The highest BCUT2D eigenvalue weighted by Crippen LogP contribution is 2.26. The van der Waals surface area contributed by atoms with E-state index in [0.29, 0.717) is 34.3 Å². The average molecular weight is 639 g/mol. The summed E-state index contributed by atoms with van der Waals surface area (Å²) in [5, 5.41) is 3.74. The van der Waals surface area contributed by atoms with E-state index in [2.05, 4.69) is 5.32 Å². The van der Waals surface area contributed by atoms with Crippen molar-refractivity contribution in [2.24, 2.45) is 0 Å². The molecule has 0 bridgehead atoms. The van der Waals surface area contributed by atoms with Crippen LogP contribution in [0, 0.1) is 0 Å². The molecular weight excluding hydrogens is 605 g/mol. The monoisotopic (exact) mass is 637 g/mol. The zero-order valence-electron chi connectivity index (χ0n) is 23.7. The molecule has 0 heterocycles. The van der Waals surface area contributed by atoms with Crippen molar-refractivity contribution < 1.29 is 18.0 Å². The van der Waals surface area contributed by atoms with E-state index in [-0.39, 0.29) is 23.8 Å². The van der Waals surface area contributed by atoms with Gasteiger partial charge in [0.25, 0.3) is 10.0 Å². The van der Waals surface area contributed by atoms with Gasteiger partial charge in [0.1, 0.15) is 12.6 Å². The summed E-state index contributed by atoms with van der Waals surface area (Å²) in [5.41, 5.74) is 1.79. The molecule has 0 aliphatic rings. The summed E-state index contributed by atoms with van der Waals surface area (Å²) in [6.45, 7) is 1.82. The molecule has 0 radical (unpaired) electrons. The van der Waals surface area contributed by atoms with E-state index >= 15 is 0 Å². The number of hydrogen-bond donors (Lipinski definition) is 1. The van der Waals surface area contributed by atoms with E-state index in [4.69, 9.17) is 23.2 Å². The van der Waals surface area contributed by atoms with Crippen LogP contribution < -0.4 is 9.62 Å². The lowest BCUT2D eigenvalue weighted by Gasteiger charge is -2.34. The first-order chi connectivity index (χ1) is 20.7. The van der Waals surface area contributed by atoms with Crippen molar-refractivity contribution in [2.45, 2.75) is 37.2 Å². The lowest BCUT2D eigenvalue weighted by molar-refractivity contribution is -0.140. The molecule has 2 amide bonds. The van der Waals surface area contributed by atoms with Crippen LogP contribution in [0.4, 0.5) is 5.69 Å². The summed E-state index contributed by atoms with van der Waals surface area (Å²) in [6.07, 6.45) is 0.936. The fourth-order valence-electron chi connectivity index (χ4n) is 4.59. The normalized spacial score (nSPS) is 11.9. The van der Waals surface area contributed by atoms with Crippen molar-refractivity contribution in [2.75, 3.05) is 17.4 Å². The van der Waals surface area contributed by atoms with E-state index in [9.17, 15) is 18.0 Å². The molecule has 0 aliphatic carbocycles. The molecular formula is C33H33Cl2N3O4S. The molecule has 1 atom stereocenters. The number of halogens is 2. The van der Waals surface area contributed by atoms with Crippen LogP contribution >= 0.6 is 23.2 Å². The zero-order valence-corrected chi connectivity index (χ0v) is 26.0. The van der Waals surface area contributed by atoms with Crippen LogP contribution in [-0.4, -0.2) is 44.3 Å². The molecule has 1 N–H and O–H groups in total. The Hall–Kier alpha value is -3.85. The van der Waals surface area contributed by atoms with Gasteiger partial charge in [-0.25, -0.2) is 8.42 Å². The van der Waals surface area contributed by atoms with Gasteiger partial charge < -0.3 is 10.2 Å². The molecule has 1 unspecified atom stereocenters. The number of rotatable bonds is 13. The number of nitrogens with one attached hydrogen (secondary N) is 1. The number of hydrogen-bond acceptors (Lipinski definition) is 4. The molecule has 43 heavy (non-hydrogen) atoms. The Kier molecular flexibility index (Phi) is 11.2. The second kappa shape index (κ2) is 15.0. The second-order valence-corrected chi connectivity index (χ2v) is 12.6. The number of amides is 2. The highest BCUT2D eigenvalue weighted by molar-refractivity contribution is 7.92. The third kappa shape index (κ3) is 8.38. The molecule has 0 saturated heterocycles. The van der Waals surface area contributed by atoms with Gasteiger partial charge in [0.05, 0.1) is 10.6 Å². The lowest BCUT2D eigenvalue weighted by atomic mass is 10.0. The molecule has 0 spiro atoms. The van der Waals surface area contributed by atoms with Crippen LogP contribution in [0.15, 0.2) is 114 Å². The van der Waals surface area contributed by atoms with Gasteiger partial charge in [-0.2, -0.15) is 0 Å². The number of nitrogens with zero attached hydrogens (tertiary/aromatic N) is 2. The Bertz CT molecular complexity index is 1620. The number of sulfonamides is 1. The maximum Gasteiger partial charge on any atom is 0.264 e. The van der Waals surface area contributed by atoms with E-state index in [0.717, 1.165) is 9.87 Å². The third-order valence-electron chi connectivity index (χ3n) is 6.84. The van der Waals surface area contributed by atoms with Crippen LogP contribution in [0.3, 0.4) is 0 Å². The van der Waals surface area contributed by atoms with E-state index in [1.165, 1.54) is 29.2 Å². The van der Waals surface area contributed by atoms with Crippen LogP contribution in [0.1, 0.15) is 24.5 Å². The second-order valence-electron chi connectivity index (χ2n) is 9.91. The van der Waals surface area contributed by atoms with Gasteiger partial charge in [0.2, 0.25) is 11.8 Å². The minimum Gasteiger partial charge on any atom is -0.354 e. The topological polar surface area (TPSA) is 86.8 Å². The number of para-hydroxylation sites is 1. The minimum absolute atomic E-state index is 0.000819. The zero-order chi connectivity index (χ0) is 30.8. The van der Waals surface area contributed by atoms with Crippen molar-refractivity contribution >= 4 is 50.7 Å². The fraction of sp³-hybridized carbons (Fsp3) is 0.212. The van der Waals surface area contributed by atoms with Gasteiger partial charge in [-0.15, -0.1) is 0 Å². The Morgan fingerprint density at radius 2 is 1.42 bits per heavy atom. The Balaban J connectivity index is 1.78. The molecule has 0 aliphatic heterocycles. The van der Waals surface area contributed by atoms with E-state index in [1.807, 2.05) is 37.3 Å². The van der Waals surface area contributed by atoms with Crippen LogP contribution in [-0.2, 0) is 32.6 Å². The molecule has 10 heteroatoms. The Morgan fingerprint density at radius 1 is 0.814 bits per heavy atom. The predicted molar refractivity (Wildman–Crippen MR) is 172 cm³/mol. The number of benzene rings is 4. The first kappa shape index (κ1) is 32.1. The first-order valence-corrected chi connectivity index (χ1v) is 16.1. The maximum atomic E-state index is 14.4. The largest absolute Gasteiger partial charge is 0.354 e. The van der Waals surface area contributed by atoms with Gasteiger partial charge >= 0.3 is 0 Å². The standard InChI is InChI=1S/C33H33Cl2N3O4S/c1-2-21-36-33(40)31(22-25-11-5-3-6-12-25)37(23-26-13-9-10-16-30(26)35)32(39)24-38(28-14-7-4-8-15-28)43(41,42)29-19-17-27(34)18-20-29/h3-20,31H,2,21-24H2,1H3,(H,36,40). The maximum absolute atomic E-state index is 14.4. The fourth-order valence-corrected chi connectivity index (χ4v) is 6.32. The summed E-state index contributed by atoms with van der Waals surface area (Å²) < 4.78 is 29.0. The quantitative estimate of drug-likeness (QED) is 0.185. The SMILES string of the molecule is CCCNC(=O)C(Cc1ccccc1)N(Cc1ccccc1Cl)C(=O)CN(c1ccccc1)S(=O)(=O)c1ccc(Cl)cc1. The molecule has 0 aromatic heterocycles. The molecule has 0 fully saturated rings. The van der Waals surface area contributed by atoms with E-state index in [1.54, 1.807) is 54.6 Å². The van der Waals surface area contributed by atoms with Crippen molar-refractivity contribution in [3.8, 4) is 0 Å². The van der Waals surface area contributed by atoms with Crippen LogP contribution in [0.25, 0.3) is 0 Å². The lowest BCUT2D eigenvalue weighted by Crippen LogP contribution is -2.53. The average Bonchev–Trinajstić information content (AvgIpc) is 3.02. The van der Waals surface area contributed by atoms with Gasteiger partial charge in [-0.1, -0.05) is 96.9 Å². The molecule has 4 aromatic rings. The molecule has 4 rings (SSSR count). The summed E-state index contributed by atoms with van der Waals surface area (Å²) >= 11 is 12.5. The molecule has 4 aromatic carbocycles. The minimum atomic E-state index is -4.20. The Labute approximate surface area is 263 Å². The van der Waals surface area contributed by atoms with Crippen molar-refractivity contribution in [1.29, 1.82) is 0 Å². The summed E-state index contributed by atoms with van der Waals surface area (Å²) in [6, 6.07) is 29.7. The van der Waals surface area contributed by atoms with Gasteiger partial charge in [0.15, 0.2) is 0 Å². The van der Waals surface area contributed by atoms with E-state index < -0.39 is 28.5 Å². The van der Waals surface area contributed by atoms with Crippen LogP contribution in [0.5, 0.6) is 0 Å². The summed E-state index contributed by atoms with van der Waals surface area (Å²) in [5.74, 6) is -0.896. The number of carbonyl (C=O) groups is 2. The van der Waals surface area contributed by atoms with Crippen molar-refractivity contribution in [3.63, 3.8) is 0 Å². The Morgan fingerprint density at radius 3 is 2.05 bits per heavy atom. The van der Waals surface area contributed by atoms with Gasteiger partial charge in [0, 0.05) is 29.6 Å².